The first kappa shape index (κ1) is 15.4. The molecule has 6 heteroatoms. The molecule has 1 aromatic rings. The molecule has 0 saturated heterocycles. The van der Waals surface area contributed by atoms with Crippen molar-refractivity contribution >= 4 is 17.5 Å². The van der Waals surface area contributed by atoms with E-state index >= 15 is 0 Å². The van der Waals surface area contributed by atoms with Crippen molar-refractivity contribution < 1.29 is 14.0 Å². The van der Waals surface area contributed by atoms with Gasteiger partial charge >= 0.3 is 0 Å². The fourth-order valence-electron chi connectivity index (χ4n) is 2.11. The number of nitrogens with zero attached hydrogens (tertiary/aromatic N) is 2. The number of benzene rings is 1. The van der Waals surface area contributed by atoms with E-state index in [9.17, 15) is 14.0 Å². The van der Waals surface area contributed by atoms with Gasteiger partial charge in [-0.3, -0.25) is 14.5 Å². The Morgan fingerprint density at radius 2 is 1.91 bits per heavy atom. The van der Waals surface area contributed by atoms with Crippen LogP contribution in [-0.4, -0.2) is 30.3 Å². The second-order valence-corrected chi connectivity index (χ2v) is 4.79. The molecule has 0 unspecified atom stereocenters. The van der Waals surface area contributed by atoms with Crippen LogP contribution in [0.1, 0.15) is 6.92 Å². The first-order valence-corrected chi connectivity index (χ1v) is 6.59. The molecule has 0 saturated carbocycles. The number of imide groups is 1. The molecule has 5 nitrogen and oxygen atoms in total. The summed E-state index contributed by atoms with van der Waals surface area (Å²) in [7, 11) is 1.34. The van der Waals surface area contributed by atoms with Gasteiger partial charge in [-0.1, -0.05) is 6.08 Å². The highest BCUT2D eigenvalue weighted by molar-refractivity contribution is 6.17. The second kappa shape index (κ2) is 6.22. The van der Waals surface area contributed by atoms with Crippen LogP contribution in [0.25, 0.3) is 0 Å². The minimum atomic E-state index is -0.589. The van der Waals surface area contributed by atoms with E-state index < -0.39 is 11.8 Å². The smallest absolute Gasteiger partial charge is 0.271 e. The number of nitriles is 1. The quantitative estimate of drug-likeness (QED) is 0.684. The molecule has 0 aliphatic carbocycles. The number of amides is 2. The number of hydrogen-bond acceptors (Lipinski definition) is 4. The molecule has 0 spiro atoms. The summed E-state index contributed by atoms with van der Waals surface area (Å²) in [6.07, 6.45) is 1.61. The molecule has 1 heterocycles. The highest BCUT2D eigenvalue weighted by atomic mass is 19.1. The van der Waals surface area contributed by atoms with E-state index in [0.29, 0.717) is 23.4 Å². The summed E-state index contributed by atoms with van der Waals surface area (Å²) < 4.78 is 12.8. The average Bonchev–Trinajstić information content (AvgIpc) is 2.51. The molecule has 2 amide bonds. The van der Waals surface area contributed by atoms with Crippen molar-refractivity contribution in [2.24, 2.45) is 0 Å². The summed E-state index contributed by atoms with van der Waals surface area (Å²) in [5.41, 5.74) is 1.35. The lowest BCUT2D eigenvalue weighted by molar-refractivity contribution is -0.138. The van der Waals surface area contributed by atoms with Crippen molar-refractivity contribution in [2.75, 3.05) is 18.9 Å². The third-order valence-corrected chi connectivity index (χ3v) is 3.40. The van der Waals surface area contributed by atoms with Crippen LogP contribution >= 0.6 is 0 Å². The lowest BCUT2D eigenvalue weighted by Gasteiger charge is -2.23. The van der Waals surface area contributed by atoms with Crippen LogP contribution in [0, 0.1) is 17.1 Å². The summed E-state index contributed by atoms with van der Waals surface area (Å²) in [5, 5.41) is 12.1. The molecule has 1 N–H and O–H groups in total. The Morgan fingerprint density at radius 3 is 2.50 bits per heavy atom. The number of nitrogens with one attached hydrogen (secondary N) is 1. The number of rotatable bonds is 3. The molecule has 1 aliphatic heterocycles. The van der Waals surface area contributed by atoms with Gasteiger partial charge in [-0.15, -0.1) is 0 Å². The van der Waals surface area contributed by atoms with Gasteiger partial charge in [0.15, 0.2) is 0 Å². The molecule has 2 rings (SSSR count). The van der Waals surface area contributed by atoms with Crippen molar-refractivity contribution in [1.82, 2.24) is 4.90 Å². The molecule has 0 bridgehead atoms. The lowest BCUT2D eigenvalue weighted by Crippen LogP contribution is -2.39. The molecule has 0 radical (unpaired) electrons. The Kier molecular flexibility index (Phi) is 4.37. The van der Waals surface area contributed by atoms with Crippen LogP contribution in [0.3, 0.4) is 0 Å². The minimum Gasteiger partial charge on any atom is -0.382 e. The fraction of sp³-hybridized carbons (Fsp3) is 0.188. The van der Waals surface area contributed by atoms with Crippen LogP contribution in [0.15, 0.2) is 47.1 Å². The number of hydrogen-bond donors (Lipinski definition) is 1. The number of carbonyl (C=O) groups is 2. The second-order valence-electron chi connectivity index (χ2n) is 4.79. The predicted molar refractivity (Wildman–Crippen MR) is 79.1 cm³/mol. The third-order valence-electron chi connectivity index (χ3n) is 3.40. The Morgan fingerprint density at radius 1 is 1.27 bits per heavy atom. The lowest BCUT2D eigenvalue weighted by atomic mass is 9.95. The summed E-state index contributed by atoms with van der Waals surface area (Å²) in [6.45, 7) is 1.88. The molecule has 22 heavy (non-hydrogen) atoms. The van der Waals surface area contributed by atoms with Gasteiger partial charge in [0, 0.05) is 24.9 Å². The van der Waals surface area contributed by atoms with Crippen LogP contribution in [0.4, 0.5) is 10.1 Å². The molecule has 1 aliphatic rings. The Balaban J connectivity index is 2.21. The summed E-state index contributed by atoms with van der Waals surface area (Å²) in [6, 6.07) is 7.64. The van der Waals surface area contributed by atoms with Gasteiger partial charge in [-0.05, 0) is 36.8 Å². The molecule has 1 aromatic carbocycles. The highest BCUT2D eigenvalue weighted by Crippen LogP contribution is 2.23. The van der Waals surface area contributed by atoms with Gasteiger partial charge in [0.1, 0.15) is 17.5 Å². The molecular weight excluding hydrogens is 285 g/mol. The van der Waals surface area contributed by atoms with Crippen molar-refractivity contribution in [3.05, 3.63) is 52.9 Å². The molecule has 112 valence electrons. The van der Waals surface area contributed by atoms with E-state index in [0.717, 1.165) is 4.90 Å². The first-order chi connectivity index (χ1) is 10.5. The number of anilines is 1. The van der Waals surface area contributed by atoms with E-state index in [1.54, 1.807) is 25.1 Å². The van der Waals surface area contributed by atoms with E-state index in [1.165, 1.54) is 19.2 Å². The van der Waals surface area contributed by atoms with Gasteiger partial charge in [-0.25, -0.2) is 4.39 Å². The summed E-state index contributed by atoms with van der Waals surface area (Å²) >= 11 is 0. The van der Waals surface area contributed by atoms with Crippen molar-refractivity contribution in [3.63, 3.8) is 0 Å². The topological polar surface area (TPSA) is 73.2 Å². The SMILES string of the molecule is CC1=C(C#N)C(=O)N(C)C(=O)/C1=C\CNc1ccc(F)cc1. The monoisotopic (exact) mass is 299 g/mol. The van der Waals surface area contributed by atoms with Crippen LogP contribution in [0.5, 0.6) is 0 Å². The Bertz CT molecular complexity index is 727. The number of likely N-dealkylation sites (N-methyl/N-ethyl adjacent to an activating group) is 1. The molecule has 0 atom stereocenters. The van der Waals surface area contributed by atoms with Gasteiger partial charge < -0.3 is 5.32 Å². The maximum atomic E-state index is 12.8. The van der Waals surface area contributed by atoms with Crippen LogP contribution in [0.2, 0.25) is 0 Å². The zero-order valence-corrected chi connectivity index (χ0v) is 12.2. The van der Waals surface area contributed by atoms with Gasteiger partial charge in [0.25, 0.3) is 11.8 Å². The largest absolute Gasteiger partial charge is 0.382 e. The molecule has 0 aromatic heterocycles. The Hall–Kier alpha value is -2.94. The average molecular weight is 299 g/mol. The first-order valence-electron chi connectivity index (χ1n) is 6.59. The molecule has 0 fully saturated rings. The van der Waals surface area contributed by atoms with E-state index in [-0.39, 0.29) is 11.4 Å². The predicted octanol–water partition coefficient (Wildman–Crippen LogP) is 2.00. The normalized spacial score (nSPS) is 17.0. The van der Waals surface area contributed by atoms with E-state index in [2.05, 4.69) is 5.32 Å². The maximum absolute atomic E-state index is 12.8. The maximum Gasteiger partial charge on any atom is 0.271 e. The highest BCUT2D eigenvalue weighted by Gasteiger charge is 2.32. The zero-order chi connectivity index (χ0) is 16.3. The van der Waals surface area contributed by atoms with Crippen molar-refractivity contribution in [3.8, 4) is 6.07 Å². The van der Waals surface area contributed by atoms with Gasteiger partial charge in [0.2, 0.25) is 0 Å². The standard InChI is InChI=1S/C16H14FN3O2/c1-10-13(15(21)20(2)16(22)14(10)9-18)7-8-19-12-5-3-11(17)4-6-12/h3-7,19H,8H2,1-2H3/b13-7-. The minimum absolute atomic E-state index is 0.0323. The van der Waals surface area contributed by atoms with Crippen molar-refractivity contribution in [2.45, 2.75) is 6.92 Å². The van der Waals surface area contributed by atoms with Gasteiger partial charge in [-0.2, -0.15) is 5.26 Å². The number of carbonyl (C=O) groups excluding carboxylic acids is 2. The summed E-state index contributed by atoms with van der Waals surface area (Å²) in [5.74, 6) is -1.36. The zero-order valence-electron chi connectivity index (χ0n) is 12.2. The van der Waals surface area contributed by atoms with Gasteiger partial charge in [0.05, 0.1) is 0 Å². The Labute approximate surface area is 127 Å². The fourth-order valence-corrected chi connectivity index (χ4v) is 2.11. The molecular formula is C16H14FN3O2. The van der Waals surface area contributed by atoms with Crippen LogP contribution in [-0.2, 0) is 9.59 Å². The van der Waals surface area contributed by atoms with E-state index in [1.807, 2.05) is 6.07 Å². The van der Waals surface area contributed by atoms with Crippen LogP contribution < -0.4 is 5.32 Å². The third kappa shape index (κ3) is 2.88. The number of halogens is 1. The summed E-state index contributed by atoms with van der Waals surface area (Å²) in [4.78, 5) is 24.8. The van der Waals surface area contributed by atoms with Crippen molar-refractivity contribution in [1.29, 1.82) is 5.26 Å². The van der Waals surface area contributed by atoms with E-state index in [4.69, 9.17) is 5.26 Å².